The zero-order valence-electron chi connectivity index (χ0n) is 19.1. The lowest BCUT2D eigenvalue weighted by molar-refractivity contribution is -0.545. The number of β-amino-alcohol motifs (C(OH)–C–C–N with tert-alkyl or cyclic N) is 1. The molecule has 0 aromatic carbocycles. The van der Waals surface area contributed by atoms with Crippen LogP contribution in [0.2, 0.25) is 0 Å². The molecule has 34 heavy (non-hydrogen) atoms. The summed E-state index contributed by atoms with van der Waals surface area (Å²) in [7, 11) is 5.19. The van der Waals surface area contributed by atoms with Crippen LogP contribution in [0.15, 0.2) is 37.5 Å². The molecule has 1 saturated heterocycles. The Kier molecular flexibility index (Phi) is 6.88. The smallest absolute Gasteiger partial charge is 0.453 e. The Balaban J connectivity index is 2.08. The Bertz CT molecular complexity index is 1260. The SMILES string of the molecule is C=CCOCC(O)C[N+]1=C(N=Nc2c(O)n(C)c(=O)n(C)c2=O)N=C2C1C(=O)N(C)C(=O)N2C. The number of fused-ring (bicyclic) bond motifs is 1. The van der Waals surface area contributed by atoms with Gasteiger partial charge in [-0.1, -0.05) is 11.2 Å². The van der Waals surface area contributed by atoms with Crippen LogP contribution in [-0.2, 0) is 23.6 Å². The van der Waals surface area contributed by atoms with Crippen molar-refractivity contribution in [3.05, 3.63) is 33.5 Å². The van der Waals surface area contributed by atoms with Gasteiger partial charge in [-0.3, -0.25) is 28.5 Å². The number of amidine groups is 1. The van der Waals surface area contributed by atoms with Gasteiger partial charge in [-0.25, -0.2) is 14.2 Å². The number of aromatic hydroxyl groups is 1. The molecule has 182 valence electrons. The number of carbonyl (C=O) groups is 2. The lowest BCUT2D eigenvalue weighted by Gasteiger charge is -2.32. The van der Waals surface area contributed by atoms with Crippen LogP contribution in [0, 0.1) is 0 Å². The van der Waals surface area contributed by atoms with Crippen LogP contribution in [0.5, 0.6) is 5.88 Å². The summed E-state index contributed by atoms with van der Waals surface area (Å²) in [4.78, 5) is 55.9. The van der Waals surface area contributed by atoms with Crippen LogP contribution in [0.3, 0.4) is 0 Å². The Hall–Kier alpha value is -3.98. The Morgan fingerprint density at radius 2 is 1.82 bits per heavy atom. The van der Waals surface area contributed by atoms with E-state index in [0.29, 0.717) is 0 Å². The molecular formula is C19H25N8O7+. The van der Waals surface area contributed by atoms with Gasteiger partial charge in [0, 0.05) is 33.3 Å². The minimum atomic E-state index is -1.09. The number of urea groups is 1. The molecule has 2 atom stereocenters. The van der Waals surface area contributed by atoms with E-state index in [9.17, 15) is 29.4 Å². The molecule has 0 bridgehead atoms. The van der Waals surface area contributed by atoms with Gasteiger partial charge in [-0.2, -0.15) is 0 Å². The molecule has 2 unspecified atom stereocenters. The summed E-state index contributed by atoms with van der Waals surface area (Å²) >= 11 is 0. The average Bonchev–Trinajstić information content (AvgIpc) is 3.17. The molecule has 3 heterocycles. The summed E-state index contributed by atoms with van der Waals surface area (Å²) < 4.78 is 8.11. The monoisotopic (exact) mass is 477 g/mol. The van der Waals surface area contributed by atoms with Gasteiger partial charge in [0.05, 0.1) is 19.8 Å². The van der Waals surface area contributed by atoms with Crippen molar-refractivity contribution in [3.8, 4) is 5.88 Å². The highest BCUT2D eigenvalue weighted by atomic mass is 16.5. The van der Waals surface area contributed by atoms with E-state index < -0.39 is 46.9 Å². The molecule has 0 saturated carbocycles. The highest BCUT2D eigenvalue weighted by Gasteiger charge is 2.52. The molecule has 1 fully saturated rings. The molecule has 1 aromatic heterocycles. The summed E-state index contributed by atoms with van der Waals surface area (Å²) in [5.41, 5.74) is -2.20. The first-order chi connectivity index (χ1) is 16.0. The van der Waals surface area contributed by atoms with E-state index in [-0.39, 0.29) is 31.6 Å². The average molecular weight is 477 g/mol. The number of nitrogens with zero attached hydrogens (tertiary/aromatic N) is 8. The summed E-state index contributed by atoms with van der Waals surface area (Å²) in [5, 5.41) is 28.3. The van der Waals surface area contributed by atoms with E-state index in [1.807, 2.05) is 0 Å². The number of amides is 3. The van der Waals surface area contributed by atoms with Gasteiger partial charge in [0.2, 0.25) is 23.4 Å². The minimum absolute atomic E-state index is 0.0545. The van der Waals surface area contributed by atoms with E-state index >= 15 is 0 Å². The van der Waals surface area contributed by atoms with Crippen LogP contribution in [0.25, 0.3) is 0 Å². The van der Waals surface area contributed by atoms with E-state index in [1.165, 1.54) is 38.8 Å². The first kappa shape index (κ1) is 24.7. The minimum Gasteiger partial charge on any atom is -0.493 e. The Labute approximate surface area is 192 Å². The molecule has 0 aliphatic carbocycles. The number of azo groups is 1. The van der Waals surface area contributed by atoms with E-state index in [0.717, 1.165) is 18.9 Å². The quantitative estimate of drug-likeness (QED) is 0.200. The van der Waals surface area contributed by atoms with Crippen molar-refractivity contribution in [2.45, 2.75) is 12.1 Å². The summed E-state index contributed by atoms with van der Waals surface area (Å²) in [6.07, 6.45) is 0.426. The lowest BCUT2D eigenvalue weighted by Crippen LogP contribution is -2.62. The molecule has 2 N–H and O–H groups in total. The van der Waals surface area contributed by atoms with Gasteiger partial charge >= 0.3 is 17.7 Å². The van der Waals surface area contributed by atoms with Gasteiger partial charge in [-0.05, 0) is 4.99 Å². The fraction of sp³-hybridized carbons (Fsp3) is 0.474. The van der Waals surface area contributed by atoms with Gasteiger partial charge in [-0.15, -0.1) is 6.58 Å². The zero-order chi connectivity index (χ0) is 25.3. The summed E-state index contributed by atoms with van der Waals surface area (Å²) in [6, 6.07) is -1.70. The fourth-order valence-corrected chi connectivity index (χ4v) is 3.42. The Morgan fingerprint density at radius 3 is 2.47 bits per heavy atom. The summed E-state index contributed by atoms with van der Waals surface area (Å²) in [6.45, 7) is 3.46. The number of aliphatic imine (C=N–C) groups is 1. The fourth-order valence-electron chi connectivity index (χ4n) is 3.42. The molecule has 1 aromatic rings. The number of hydrogen-bond donors (Lipinski definition) is 2. The van der Waals surface area contributed by atoms with E-state index in [1.54, 1.807) is 0 Å². The number of hydrogen-bond acceptors (Lipinski definition) is 10. The standard InChI is InChI=1S/C19H24N8O7/c1-6-7-34-9-10(28)8-27-12-13(23(2)18(32)26(5)16(12)31)20-17(27)22-21-11-14(29)24(3)19(33)25(4)15(11)30/h6,10,12,28H,1,7-9H2,2-5H3/p+1. The maximum Gasteiger partial charge on any atom is 0.453 e. The number of guanidine groups is 1. The molecule has 15 nitrogen and oxygen atoms in total. The number of rotatable bonds is 7. The number of likely N-dealkylation sites (N-methyl/N-ethyl adjacent to an activating group) is 2. The van der Waals surface area contributed by atoms with Crippen LogP contribution < -0.4 is 11.2 Å². The zero-order valence-corrected chi connectivity index (χ0v) is 19.1. The van der Waals surface area contributed by atoms with Crippen molar-refractivity contribution in [2.24, 2.45) is 29.3 Å². The van der Waals surface area contributed by atoms with Gasteiger partial charge in [0.25, 0.3) is 11.5 Å². The van der Waals surface area contributed by atoms with E-state index in [2.05, 4.69) is 21.8 Å². The maximum atomic E-state index is 12.9. The predicted octanol–water partition coefficient (Wildman–Crippen LogP) is -1.89. The molecule has 2 aliphatic rings. The third kappa shape index (κ3) is 4.17. The first-order valence-electron chi connectivity index (χ1n) is 10.1. The molecule has 2 aliphatic heterocycles. The van der Waals surface area contributed by atoms with Crippen molar-refractivity contribution in [1.82, 2.24) is 18.9 Å². The molecule has 3 rings (SSSR count). The molecule has 15 heteroatoms. The van der Waals surface area contributed by atoms with Gasteiger partial charge in [0.15, 0.2) is 0 Å². The first-order valence-corrected chi connectivity index (χ1v) is 10.1. The summed E-state index contributed by atoms with van der Waals surface area (Å²) in [5.74, 6) is -1.46. The third-order valence-electron chi connectivity index (χ3n) is 5.31. The Morgan fingerprint density at radius 1 is 1.15 bits per heavy atom. The highest BCUT2D eigenvalue weighted by Crippen LogP contribution is 2.22. The van der Waals surface area contributed by atoms with Crippen molar-refractivity contribution in [2.75, 3.05) is 33.9 Å². The maximum absolute atomic E-state index is 12.9. The highest BCUT2D eigenvalue weighted by molar-refractivity contribution is 6.22. The van der Waals surface area contributed by atoms with Crippen LogP contribution in [0.4, 0.5) is 10.5 Å². The number of carbonyl (C=O) groups excluding carboxylic acids is 2. The second-order valence-electron chi connectivity index (χ2n) is 7.62. The number of ether oxygens (including phenoxy) is 1. The number of imide groups is 1. The molecule has 0 radical (unpaired) electrons. The van der Waals surface area contributed by atoms with Crippen LogP contribution in [-0.4, -0.2) is 103 Å². The van der Waals surface area contributed by atoms with Crippen LogP contribution >= 0.6 is 0 Å². The molecule has 0 spiro atoms. The van der Waals surface area contributed by atoms with Crippen LogP contribution in [0.1, 0.15) is 0 Å². The lowest BCUT2D eigenvalue weighted by atomic mass is 10.1. The molecule has 3 amide bonds. The second kappa shape index (κ2) is 9.48. The van der Waals surface area contributed by atoms with Crippen molar-refractivity contribution >= 4 is 29.4 Å². The van der Waals surface area contributed by atoms with E-state index in [4.69, 9.17) is 4.74 Å². The number of aliphatic hydroxyl groups is 1. The topological polar surface area (TPSA) is 174 Å². The number of aromatic nitrogens is 2. The van der Waals surface area contributed by atoms with Crippen molar-refractivity contribution < 1.29 is 29.1 Å². The van der Waals surface area contributed by atoms with Crippen molar-refractivity contribution in [3.63, 3.8) is 0 Å². The van der Waals surface area contributed by atoms with Gasteiger partial charge in [0.1, 0.15) is 6.10 Å². The largest absolute Gasteiger partial charge is 0.493 e. The van der Waals surface area contributed by atoms with Gasteiger partial charge < -0.3 is 14.9 Å². The predicted molar refractivity (Wildman–Crippen MR) is 117 cm³/mol. The second-order valence-corrected chi connectivity index (χ2v) is 7.62. The number of aliphatic hydroxyl groups excluding tert-OH is 1. The third-order valence-corrected chi connectivity index (χ3v) is 5.31. The molecular weight excluding hydrogens is 452 g/mol. The van der Waals surface area contributed by atoms with Crippen molar-refractivity contribution in [1.29, 1.82) is 0 Å². The normalized spacial score (nSPS) is 19.2.